The Morgan fingerprint density at radius 1 is 1.15 bits per heavy atom. The number of carbonyl (C=O) groups excluding carboxylic acids is 1. The second-order valence-corrected chi connectivity index (χ2v) is 15.2. The van der Waals surface area contributed by atoms with E-state index in [0.717, 1.165) is 4.31 Å². The molecule has 1 heterocycles. The molecule has 0 bridgehead atoms. The van der Waals surface area contributed by atoms with E-state index in [2.05, 4.69) is 33.9 Å². The van der Waals surface area contributed by atoms with Gasteiger partial charge < -0.3 is 4.43 Å². The van der Waals surface area contributed by atoms with E-state index in [0.29, 0.717) is 12.0 Å². The minimum atomic E-state index is -3.70. The van der Waals surface area contributed by atoms with Crippen LogP contribution in [0, 0.1) is 5.92 Å². The number of carbonyl (C=O) groups is 1. The molecule has 0 spiro atoms. The number of nitrogens with zero attached hydrogens (tertiary/aromatic N) is 1. The molecule has 1 aromatic rings. The maximum Gasteiger partial charge on any atom is 0.241 e. The van der Waals surface area contributed by atoms with Gasteiger partial charge in [-0.1, -0.05) is 58.0 Å². The van der Waals surface area contributed by atoms with Crippen molar-refractivity contribution in [2.75, 3.05) is 6.61 Å². The third-order valence-corrected chi connectivity index (χ3v) is 11.9. The summed E-state index contributed by atoms with van der Waals surface area (Å²) in [6.45, 7) is 12.9. The summed E-state index contributed by atoms with van der Waals surface area (Å²) < 4.78 is 33.0. The lowest BCUT2D eigenvalue weighted by Gasteiger charge is -2.47. The zero-order valence-corrected chi connectivity index (χ0v) is 18.5. The van der Waals surface area contributed by atoms with Crippen molar-refractivity contribution in [2.24, 2.45) is 5.92 Å². The number of β-lactam (4-membered cyclic amide) rings is 1. The fourth-order valence-corrected chi connectivity index (χ4v) is 5.71. The van der Waals surface area contributed by atoms with Crippen LogP contribution in [0.15, 0.2) is 30.3 Å². The van der Waals surface area contributed by atoms with Gasteiger partial charge in [-0.05, 0) is 30.1 Å². The van der Waals surface area contributed by atoms with Gasteiger partial charge in [0.1, 0.15) is 0 Å². The largest absolute Gasteiger partial charge is 0.415 e. The summed E-state index contributed by atoms with van der Waals surface area (Å²) in [5.41, 5.74) is 0.685. The van der Waals surface area contributed by atoms with Crippen molar-refractivity contribution in [2.45, 2.75) is 64.0 Å². The van der Waals surface area contributed by atoms with Crippen molar-refractivity contribution in [1.29, 1.82) is 0 Å². The smallest absolute Gasteiger partial charge is 0.241 e. The summed E-state index contributed by atoms with van der Waals surface area (Å²) in [5, 5.41) is 0.0379. The van der Waals surface area contributed by atoms with Crippen LogP contribution < -0.4 is 0 Å². The predicted molar refractivity (Wildman–Crippen MR) is 107 cm³/mol. The van der Waals surface area contributed by atoms with Gasteiger partial charge in [-0.15, -0.1) is 0 Å². The van der Waals surface area contributed by atoms with Crippen LogP contribution in [0.3, 0.4) is 0 Å². The molecule has 1 fully saturated rings. The molecule has 146 valence electrons. The third kappa shape index (κ3) is 4.21. The van der Waals surface area contributed by atoms with Crippen LogP contribution in [0.2, 0.25) is 18.1 Å². The first kappa shape index (κ1) is 21.1. The average molecular weight is 398 g/mol. The summed E-state index contributed by atoms with van der Waals surface area (Å²) in [7, 11) is -5.71. The first-order chi connectivity index (χ1) is 11.9. The Hall–Kier alpha value is -1.18. The van der Waals surface area contributed by atoms with Crippen molar-refractivity contribution in [1.82, 2.24) is 4.31 Å². The van der Waals surface area contributed by atoms with Gasteiger partial charge in [0.05, 0.1) is 24.3 Å². The van der Waals surface area contributed by atoms with E-state index in [1.54, 1.807) is 24.3 Å². The molecule has 0 unspecified atom stereocenters. The van der Waals surface area contributed by atoms with Gasteiger partial charge in [0.2, 0.25) is 15.9 Å². The second-order valence-electron chi connectivity index (χ2n) is 8.53. The molecule has 0 aliphatic carbocycles. The molecule has 1 saturated heterocycles. The topological polar surface area (TPSA) is 63.7 Å². The Balaban J connectivity index is 2.17. The number of rotatable bonds is 7. The van der Waals surface area contributed by atoms with Gasteiger partial charge in [0, 0.05) is 0 Å². The lowest BCUT2D eigenvalue weighted by atomic mass is 9.89. The number of amides is 1. The highest BCUT2D eigenvalue weighted by Gasteiger charge is 2.53. The second kappa shape index (κ2) is 7.44. The van der Waals surface area contributed by atoms with Gasteiger partial charge in [-0.2, -0.15) is 0 Å². The quantitative estimate of drug-likeness (QED) is 0.519. The van der Waals surface area contributed by atoms with Crippen LogP contribution in [0.4, 0.5) is 0 Å². The van der Waals surface area contributed by atoms with Gasteiger partial charge in [-0.25, -0.2) is 12.7 Å². The van der Waals surface area contributed by atoms with Crippen molar-refractivity contribution >= 4 is 24.2 Å². The Morgan fingerprint density at radius 2 is 1.73 bits per heavy atom. The summed E-state index contributed by atoms with van der Waals surface area (Å²) in [6, 6.07) is 8.58. The molecule has 2 atom stereocenters. The molecule has 1 aliphatic heterocycles. The molecule has 0 N–H and O–H groups in total. The first-order valence-electron chi connectivity index (χ1n) is 9.14. The molecule has 0 aromatic heterocycles. The molecular formula is C19H31NO4SSi. The van der Waals surface area contributed by atoms with Crippen molar-refractivity contribution in [3.05, 3.63) is 35.9 Å². The van der Waals surface area contributed by atoms with E-state index in [1.807, 2.05) is 13.0 Å². The molecule has 2 rings (SSSR count). The van der Waals surface area contributed by atoms with E-state index in [4.69, 9.17) is 4.43 Å². The van der Waals surface area contributed by atoms with E-state index in [-0.39, 0.29) is 29.2 Å². The van der Waals surface area contributed by atoms with E-state index in [9.17, 15) is 13.2 Å². The maximum absolute atomic E-state index is 12.8. The minimum Gasteiger partial charge on any atom is -0.415 e. The maximum atomic E-state index is 12.8. The van der Waals surface area contributed by atoms with Crippen LogP contribution in [0.5, 0.6) is 0 Å². The summed E-state index contributed by atoms with van der Waals surface area (Å²) in [4.78, 5) is 12.5. The average Bonchev–Trinajstić information content (AvgIpc) is 2.50. The van der Waals surface area contributed by atoms with E-state index >= 15 is 0 Å². The van der Waals surface area contributed by atoms with Crippen LogP contribution in [-0.4, -0.2) is 39.6 Å². The third-order valence-electron chi connectivity index (χ3n) is 5.65. The lowest BCUT2D eigenvalue weighted by molar-refractivity contribution is -0.148. The first-order valence-corrected chi connectivity index (χ1v) is 13.7. The fraction of sp³-hybridized carbons (Fsp3) is 0.632. The fourth-order valence-electron chi connectivity index (χ4n) is 2.91. The summed E-state index contributed by atoms with van der Waals surface area (Å²) >= 11 is 0. The molecule has 1 aromatic carbocycles. The van der Waals surface area contributed by atoms with Gasteiger partial charge in [-0.3, -0.25) is 4.79 Å². The zero-order chi connectivity index (χ0) is 19.8. The van der Waals surface area contributed by atoms with Crippen molar-refractivity contribution in [3.8, 4) is 0 Å². The molecule has 26 heavy (non-hydrogen) atoms. The van der Waals surface area contributed by atoms with Crippen LogP contribution in [0.25, 0.3) is 0 Å². The van der Waals surface area contributed by atoms with Gasteiger partial charge >= 0.3 is 0 Å². The highest BCUT2D eigenvalue weighted by molar-refractivity contribution is 7.89. The van der Waals surface area contributed by atoms with Crippen LogP contribution in [-0.2, 0) is 25.0 Å². The molecule has 7 heteroatoms. The molecule has 1 amide bonds. The van der Waals surface area contributed by atoms with Crippen LogP contribution >= 0.6 is 0 Å². The Morgan fingerprint density at radius 3 is 2.23 bits per heavy atom. The summed E-state index contributed by atoms with van der Waals surface area (Å²) in [6.07, 6.45) is 0.627. The van der Waals surface area contributed by atoms with E-state index in [1.165, 1.54) is 0 Å². The minimum absolute atomic E-state index is 0.0379. The molecule has 0 radical (unpaired) electrons. The Kier molecular flexibility index (Phi) is 6.05. The standard InChI is InChI=1S/C19H31NO4SSi/c1-7-16-17(13-24-26(5,6)19(2,3)4)20(18(16)21)25(22,23)14-15-11-9-8-10-12-15/h8-12,16-17H,7,13-14H2,1-6H3/t16-,17+/m0/s1. The van der Waals surface area contributed by atoms with Gasteiger partial charge in [0.25, 0.3) is 0 Å². The number of sulfonamides is 1. The molecular weight excluding hydrogens is 366 g/mol. The number of benzene rings is 1. The number of hydrogen-bond donors (Lipinski definition) is 0. The van der Waals surface area contributed by atoms with Crippen molar-refractivity contribution < 1.29 is 17.6 Å². The molecule has 1 aliphatic rings. The van der Waals surface area contributed by atoms with Crippen LogP contribution in [0.1, 0.15) is 39.7 Å². The SMILES string of the molecule is CC[C@@H]1C(=O)N(S(=O)(=O)Cc2ccccc2)[C@@H]1CO[Si](C)(C)C(C)(C)C. The normalized spacial score (nSPS) is 21.6. The Labute approximate surface area is 158 Å². The lowest BCUT2D eigenvalue weighted by Crippen LogP contribution is -2.65. The zero-order valence-electron chi connectivity index (χ0n) is 16.7. The highest BCUT2D eigenvalue weighted by Crippen LogP contribution is 2.39. The van der Waals surface area contributed by atoms with Crippen molar-refractivity contribution in [3.63, 3.8) is 0 Å². The summed E-state index contributed by atoms with van der Waals surface area (Å²) in [5.74, 6) is -0.732. The van der Waals surface area contributed by atoms with Gasteiger partial charge in [0.15, 0.2) is 8.32 Å². The molecule has 0 saturated carbocycles. The molecule has 5 nitrogen and oxygen atoms in total. The highest BCUT2D eigenvalue weighted by atomic mass is 32.2. The number of hydrogen-bond acceptors (Lipinski definition) is 4. The predicted octanol–water partition coefficient (Wildman–Crippen LogP) is 3.78. The van der Waals surface area contributed by atoms with E-state index < -0.39 is 24.4 Å². The monoisotopic (exact) mass is 397 g/mol. The Bertz CT molecular complexity index is 741.